The van der Waals surface area contributed by atoms with Gasteiger partial charge in [-0.3, -0.25) is 28.5 Å². The van der Waals surface area contributed by atoms with Crippen molar-refractivity contribution in [3.05, 3.63) is 105 Å². The fraction of sp³-hybridized carbons (Fsp3) is 0.389. The lowest BCUT2D eigenvalue weighted by molar-refractivity contribution is 0.0933. The van der Waals surface area contributed by atoms with Crippen LogP contribution in [0.5, 0.6) is 0 Å². The van der Waals surface area contributed by atoms with Gasteiger partial charge in [0.15, 0.2) is 11.6 Å². The Morgan fingerprint density at radius 1 is 0.681 bits per heavy atom. The zero-order valence-corrected chi connectivity index (χ0v) is 29.7. The molecule has 0 bridgehead atoms. The van der Waals surface area contributed by atoms with E-state index < -0.39 is 0 Å². The van der Waals surface area contributed by atoms with Crippen LogP contribution in [0.3, 0.4) is 0 Å². The Hall–Kier alpha value is -4.57. The van der Waals surface area contributed by atoms with Crippen LogP contribution in [0, 0.1) is 0 Å². The van der Waals surface area contributed by atoms with E-state index in [-0.39, 0.29) is 50.6 Å². The van der Waals surface area contributed by atoms with Crippen molar-refractivity contribution in [3.63, 3.8) is 0 Å². The number of rotatable bonds is 8. The Labute approximate surface area is 281 Å². The second kappa shape index (κ2) is 14.9. The molecule has 0 spiro atoms. The standard InChI is InChI=1S/C18H22ClN3O2.C18H23N3O2/c1-11(23)15-14(19)16(22(5)21-15)17(24)20-10-12-6-8-13(9-7-12)18(2,3)4;1-12(22)15-10-16(21(5)20-15)17(23)19-11-13-6-8-14(9-7-13)18(2,3)4/h6-9H,10H2,1-5H3,(H,20,24);6-10H,11H2,1-5H3,(H,19,23). The van der Waals surface area contributed by atoms with Crippen molar-refractivity contribution in [3.8, 4) is 0 Å². The van der Waals surface area contributed by atoms with Crippen LogP contribution in [0.1, 0.15) is 120 Å². The molecule has 0 atom stereocenters. The SMILES string of the molecule is CC(=O)c1cc(C(=O)NCc2ccc(C(C)(C)C)cc2)n(C)n1.CC(=O)c1nn(C)c(C(=O)NCc2ccc(C(C)(C)C)cc2)c1Cl. The molecule has 2 N–H and O–H groups in total. The quantitative estimate of drug-likeness (QED) is 0.212. The number of halogens is 1. The molecule has 4 aromatic rings. The van der Waals surface area contributed by atoms with Gasteiger partial charge in [0, 0.05) is 47.1 Å². The van der Waals surface area contributed by atoms with Crippen LogP contribution >= 0.6 is 11.6 Å². The summed E-state index contributed by atoms with van der Waals surface area (Å²) in [5.41, 5.74) is 5.68. The molecular formula is C36H45ClN6O4. The summed E-state index contributed by atoms with van der Waals surface area (Å²) >= 11 is 6.11. The Morgan fingerprint density at radius 2 is 1.13 bits per heavy atom. The zero-order chi connectivity index (χ0) is 35.3. The van der Waals surface area contributed by atoms with E-state index in [4.69, 9.17) is 11.6 Å². The first kappa shape index (κ1) is 36.9. The Kier molecular flexibility index (Phi) is 11.7. The first-order valence-electron chi connectivity index (χ1n) is 15.3. The molecule has 4 rings (SSSR count). The summed E-state index contributed by atoms with van der Waals surface area (Å²) < 4.78 is 2.76. The topological polar surface area (TPSA) is 128 Å². The third-order valence-electron chi connectivity index (χ3n) is 7.56. The maximum atomic E-state index is 12.4. The molecule has 0 saturated carbocycles. The van der Waals surface area contributed by atoms with Gasteiger partial charge in [-0.05, 0) is 33.1 Å². The molecule has 2 heterocycles. The summed E-state index contributed by atoms with van der Waals surface area (Å²) in [7, 11) is 3.24. The molecular weight excluding hydrogens is 616 g/mol. The minimum absolute atomic E-state index is 0.0885. The van der Waals surface area contributed by atoms with Gasteiger partial charge in [0.25, 0.3) is 11.8 Å². The molecule has 250 valence electrons. The number of carbonyl (C=O) groups excluding carboxylic acids is 4. The van der Waals surface area contributed by atoms with Gasteiger partial charge in [0.1, 0.15) is 27.8 Å². The van der Waals surface area contributed by atoms with Crippen LogP contribution in [0.25, 0.3) is 0 Å². The lowest BCUT2D eigenvalue weighted by Gasteiger charge is -2.19. The molecule has 0 unspecified atom stereocenters. The summed E-state index contributed by atoms with van der Waals surface area (Å²) in [6, 6.07) is 17.8. The molecule has 2 aromatic heterocycles. The van der Waals surface area contributed by atoms with E-state index in [2.05, 4.69) is 86.6 Å². The van der Waals surface area contributed by atoms with E-state index in [1.54, 1.807) is 14.1 Å². The normalized spacial score (nSPS) is 11.4. The number of benzene rings is 2. The van der Waals surface area contributed by atoms with Gasteiger partial charge in [0.2, 0.25) is 0 Å². The van der Waals surface area contributed by atoms with Crippen LogP contribution in [0.2, 0.25) is 5.02 Å². The van der Waals surface area contributed by atoms with Crippen LogP contribution < -0.4 is 10.6 Å². The highest BCUT2D eigenvalue weighted by Gasteiger charge is 2.23. The number of aromatic nitrogens is 4. The molecule has 0 saturated heterocycles. The summed E-state index contributed by atoms with van der Waals surface area (Å²) in [6.45, 7) is 16.6. The minimum atomic E-state index is -0.359. The van der Waals surface area contributed by atoms with E-state index in [0.717, 1.165) is 11.1 Å². The molecule has 47 heavy (non-hydrogen) atoms. The summed E-state index contributed by atoms with van der Waals surface area (Å²) in [5, 5.41) is 13.8. The lowest BCUT2D eigenvalue weighted by Crippen LogP contribution is -2.25. The molecule has 0 aliphatic carbocycles. The Balaban J connectivity index is 0.000000256. The average molecular weight is 661 g/mol. The van der Waals surface area contributed by atoms with Gasteiger partial charge in [-0.1, -0.05) is 102 Å². The zero-order valence-electron chi connectivity index (χ0n) is 28.9. The second-order valence-corrected chi connectivity index (χ2v) is 13.9. The summed E-state index contributed by atoms with van der Waals surface area (Å²) in [6.07, 6.45) is 0. The van der Waals surface area contributed by atoms with Gasteiger partial charge in [-0.15, -0.1) is 0 Å². The Bertz CT molecular complexity index is 1750. The van der Waals surface area contributed by atoms with Crippen LogP contribution in [0.4, 0.5) is 0 Å². The van der Waals surface area contributed by atoms with Gasteiger partial charge in [-0.25, -0.2) is 0 Å². The van der Waals surface area contributed by atoms with E-state index in [1.807, 2.05) is 24.3 Å². The number of carbonyl (C=O) groups is 4. The monoisotopic (exact) mass is 660 g/mol. The average Bonchev–Trinajstić information content (AvgIpc) is 3.53. The largest absolute Gasteiger partial charge is 0.347 e. The molecule has 10 nitrogen and oxygen atoms in total. The van der Waals surface area contributed by atoms with Gasteiger partial charge < -0.3 is 10.6 Å². The third-order valence-corrected chi connectivity index (χ3v) is 7.92. The number of Topliss-reactive ketones (excluding diaryl/α,β-unsaturated/α-hetero) is 2. The number of hydrogen-bond acceptors (Lipinski definition) is 6. The summed E-state index contributed by atoms with van der Waals surface area (Å²) in [5.74, 6) is -1.03. The molecule has 0 aliphatic heterocycles. The van der Waals surface area contributed by atoms with Crippen molar-refractivity contribution in [1.29, 1.82) is 0 Å². The first-order chi connectivity index (χ1) is 21.8. The Morgan fingerprint density at radius 3 is 1.49 bits per heavy atom. The predicted octanol–water partition coefficient (Wildman–Crippen LogP) is 6.35. The second-order valence-electron chi connectivity index (χ2n) is 13.5. The highest BCUT2D eigenvalue weighted by Crippen LogP contribution is 2.24. The van der Waals surface area contributed by atoms with Crippen molar-refractivity contribution in [1.82, 2.24) is 30.2 Å². The van der Waals surface area contributed by atoms with Crippen LogP contribution in [0.15, 0.2) is 54.6 Å². The first-order valence-corrected chi connectivity index (χ1v) is 15.7. The van der Waals surface area contributed by atoms with Crippen molar-refractivity contribution in [2.45, 2.75) is 79.3 Å². The number of ketones is 2. The predicted molar refractivity (Wildman–Crippen MR) is 184 cm³/mol. The van der Waals surface area contributed by atoms with Crippen LogP contribution in [-0.2, 0) is 38.0 Å². The number of amides is 2. The number of aryl methyl sites for hydroxylation is 2. The number of nitrogens with zero attached hydrogens (tertiary/aromatic N) is 4. The van der Waals surface area contributed by atoms with Gasteiger partial charge >= 0.3 is 0 Å². The van der Waals surface area contributed by atoms with Gasteiger partial charge in [0.05, 0.1) is 0 Å². The van der Waals surface area contributed by atoms with E-state index in [1.165, 1.54) is 40.4 Å². The minimum Gasteiger partial charge on any atom is -0.347 e. The number of hydrogen-bond donors (Lipinski definition) is 2. The maximum Gasteiger partial charge on any atom is 0.271 e. The lowest BCUT2D eigenvalue weighted by atomic mass is 9.87. The third kappa shape index (κ3) is 9.71. The van der Waals surface area contributed by atoms with Gasteiger partial charge in [-0.2, -0.15) is 10.2 Å². The summed E-state index contributed by atoms with van der Waals surface area (Å²) in [4.78, 5) is 47.3. The molecule has 0 radical (unpaired) electrons. The number of nitrogens with one attached hydrogen (secondary N) is 2. The maximum absolute atomic E-state index is 12.4. The van der Waals surface area contributed by atoms with E-state index >= 15 is 0 Å². The molecule has 0 fully saturated rings. The molecule has 11 heteroatoms. The molecule has 2 aromatic carbocycles. The highest BCUT2D eigenvalue weighted by atomic mass is 35.5. The fourth-order valence-electron chi connectivity index (χ4n) is 4.61. The molecule has 2 amide bonds. The molecule has 0 aliphatic rings. The van der Waals surface area contributed by atoms with Crippen LogP contribution in [-0.4, -0.2) is 42.9 Å². The highest BCUT2D eigenvalue weighted by molar-refractivity contribution is 6.36. The van der Waals surface area contributed by atoms with E-state index in [9.17, 15) is 19.2 Å². The van der Waals surface area contributed by atoms with Crippen molar-refractivity contribution in [2.75, 3.05) is 0 Å². The van der Waals surface area contributed by atoms with E-state index in [0.29, 0.717) is 24.5 Å². The van der Waals surface area contributed by atoms with Crippen molar-refractivity contribution >= 4 is 35.0 Å². The fourth-order valence-corrected chi connectivity index (χ4v) is 4.98. The van der Waals surface area contributed by atoms with Crippen molar-refractivity contribution < 1.29 is 19.2 Å². The smallest absolute Gasteiger partial charge is 0.271 e. The van der Waals surface area contributed by atoms with Crippen molar-refractivity contribution in [2.24, 2.45) is 14.1 Å².